The van der Waals surface area contributed by atoms with Crippen molar-refractivity contribution in [3.05, 3.63) is 69.2 Å². The number of esters is 1. The number of amides is 1. The number of nitro benzene ring substituents is 1. The lowest BCUT2D eigenvalue weighted by Gasteiger charge is -2.08. The van der Waals surface area contributed by atoms with Gasteiger partial charge in [-0.3, -0.25) is 14.9 Å². The topological polar surface area (TPSA) is 108 Å². The molecule has 0 unspecified atom stereocenters. The number of hydrogen-bond donors (Lipinski definition) is 1. The summed E-state index contributed by atoms with van der Waals surface area (Å²) >= 11 is 5.74. The summed E-state index contributed by atoms with van der Waals surface area (Å²) in [6.07, 6.45) is -2.61. The number of ether oxygens (including phenoxy) is 2. The first-order valence-corrected chi connectivity index (χ1v) is 8.36. The summed E-state index contributed by atoms with van der Waals surface area (Å²) in [5.74, 6) is -2.17. The minimum Gasteiger partial charge on any atom is -0.452 e. The summed E-state index contributed by atoms with van der Waals surface area (Å²) < 4.78 is 44.7. The van der Waals surface area contributed by atoms with Crippen LogP contribution >= 0.6 is 11.6 Å². The Hall–Kier alpha value is -3.60. The molecule has 2 rings (SSSR count). The van der Waals surface area contributed by atoms with E-state index in [9.17, 15) is 32.9 Å². The highest BCUT2D eigenvalue weighted by Crippen LogP contribution is 2.27. The van der Waals surface area contributed by atoms with Crippen LogP contribution in [-0.4, -0.2) is 29.8 Å². The van der Waals surface area contributed by atoms with Gasteiger partial charge in [0.25, 0.3) is 11.6 Å². The van der Waals surface area contributed by atoms with Crippen molar-refractivity contribution in [2.45, 2.75) is 6.36 Å². The van der Waals surface area contributed by atoms with Crippen LogP contribution in [0.3, 0.4) is 0 Å². The third-order valence-electron chi connectivity index (χ3n) is 3.30. The van der Waals surface area contributed by atoms with Crippen LogP contribution in [0.25, 0.3) is 6.08 Å². The predicted octanol–water partition coefficient (Wildman–Crippen LogP) is 4.34. The summed E-state index contributed by atoms with van der Waals surface area (Å²) in [6, 6.07) is 8.23. The van der Waals surface area contributed by atoms with Crippen LogP contribution in [0, 0.1) is 10.1 Å². The van der Waals surface area contributed by atoms with Gasteiger partial charge in [-0.25, -0.2) is 4.79 Å². The molecule has 158 valence electrons. The molecule has 0 aromatic heterocycles. The molecule has 0 fully saturated rings. The molecule has 30 heavy (non-hydrogen) atoms. The Balaban J connectivity index is 1.88. The predicted molar refractivity (Wildman–Crippen MR) is 99.9 cm³/mol. The first kappa shape index (κ1) is 22.7. The van der Waals surface area contributed by atoms with Crippen molar-refractivity contribution in [1.29, 1.82) is 0 Å². The largest absolute Gasteiger partial charge is 0.573 e. The normalized spacial score (nSPS) is 11.2. The zero-order valence-electron chi connectivity index (χ0n) is 14.8. The number of alkyl halides is 3. The van der Waals surface area contributed by atoms with Gasteiger partial charge in [0.05, 0.1) is 4.92 Å². The SMILES string of the molecule is O=C(COC(=O)/C=C/c1ccc(OC(F)(F)F)cc1)Nc1cc(Cl)ccc1[N+](=O)[O-]. The average molecular weight is 445 g/mol. The van der Waals surface area contributed by atoms with Crippen LogP contribution in [0.5, 0.6) is 5.75 Å². The monoisotopic (exact) mass is 444 g/mol. The fraction of sp³-hybridized carbons (Fsp3) is 0.111. The van der Waals surface area contributed by atoms with Gasteiger partial charge in [-0.2, -0.15) is 0 Å². The Kier molecular flexibility index (Phi) is 7.37. The van der Waals surface area contributed by atoms with E-state index in [0.29, 0.717) is 5.56 Å². The molecular formula is C18H12ClF3N2O6. The first-order chi connectivity index (χ1) is 14.0. The maximum absolute atomic E-state index is 12.1. The van der Waals surface area contributed by atoms with E-state index in [4.69, 9.17) is 16.3 Å². The molecule has 0 aliphatic carbocycles. The molecule has 0 spiro atoms. The van der Waals surface area contributed by atoms with E-state index in [1.807, 2.05) is 0 Å². The highest BCUT2D eigenvalue weighted by Gasteiger charge is 2.30. The van der Waals surface area contributed by atoms with Gasteiger partial charge in [-0.1, -0.05) is 23.7 Å². The van der Waals surface area contributed by atoms with Gasteiger partial charge < -0.3 is 14.8 Å². The molecule has 0 aliphatic rings. The fourth-order valence-electron chi connectivity index (χ4n) is 2.08. The quantitative estimate of drug-likeness (QED) is 0.294. The Morgan fingerprint density at radius 1 is 1.17 bits per heavy atom. The number of nitro groups is 1. The van der Waals surface area contributed by atoms with Gasteiger partial charge in [0.2, 0.25) is 0 Å². The molecule has 0 aliphatic heterocycles. The number of halogens is 4. The highest BCUT2D eigenvalue weighted by molar-refractivity contribution is 6.31. The van der Waals surface area contributed by atoms with Crippen LogP contribution in [0.4, 0.5) is 24.5 Å². The Bertz CT molecular complexity index is 977. The summed E-state index contributed by atoms with van der Waals surface area (Å²) in [7, 11) is 0. The molecule has 2 aromatic rings. The molecular weight excluding hydrogens is 433 g/mol. The average Bonchev–Trinajstić information content (AvgIpc) is 2.64. The zero-order chi connectivity index (χ0) is 22.3. The lowest BCUT2D eigenvalue weighted by Crippen LogP contribution is -2.20. The van der Waals surface area contributed by atoms with Crippen molar-refractivity contribution in [3.8, 4) is 5.75 Å². The second kappa shape index (κ2) is 9.74. The smallest absolute Gasteiger partial charge is 0.452 e. The fourth-order valence-corrected chi connectivity index (χ4v) is 2.26. The molecule has 0 radical (unpaired) electrons. The van der Waals surface area contributed by atoms with Crippen LogP contribution < -0.4 is 10.1 Å². The summed E-state index contributed by atoms with van der Waals surface area (Å²) in [6.45, 7) is -0.731. The molecule has 2 aromatic carbocycles. The lowest BCUT2D eigenvalue weighted by molar-refractivity contribution is -0.383. The Morgan fingerprint density at radius 3 is 2.43 bits per heavy atom. The van der Waals surface area contributed by atoms with Crippen LogP contribution in [-0.2, 0) is 14.3 Å². The van der Waals surface area contributed by atoms with Crippen molar-refractivity contribution in [2.75, 3.05) is 11.9 Å². The van der Waals surface area contributed by atoms with Crippen molar-refractivity contribution >= 4 is 40.9 Å². The van der Waals surface area contributed by atoms with E-state index >= 15 is 0 Å². The standard InChI is InChI=1S/C18H12ClF3N2O6/c19-12-4-7-15(24(27)28)14(9-12)23-16(25)10-29-17(26)8-3-11-1-5-13(6-2-11)30-18(20,21)22/h1-9H,10H2,(H,23,25)/b8-3+. The van der Waals surface area contributed by atoms with Crippen LogP contribution in [0.2, 0.25) is 5.02 Å². The Labute approximate surface area is 172 Å². The number of nitrogens with zero attached hydrogens (tertiary/aromatic N) is 1. The number of rotatable bonds is 7. The number of hydrogen-bond acceptors (Lipinski definition) is 6. The second-order valence-electron chi connectivity index (χ2n) is 5.52. The maximum atomic E-state index is 12.1. The van der Waals surface area contributed by atoms with Crippen molar-refractivity contribution in [2.24, 2.45) is 0 Å². The Morgan fingerprint density at radius 2 is 1.83 bits per heavy atom. The third kappa shape index (κ3) is 7.43. The minimum atomic E-state index is -4.81. The van der Waals surface area contributed by atoms with E-state index in [-0.39, 0.29) is 10.7 Å². The van der Waals surface area contributed by atoms with E-state index in [1.165, 1.54) is 30.3 Å². The maximum Gasteiger partial charge on any atom is 0.573 e. The number of carbonyl (C=O) groups is 2. The number of nitrogens with one attached hydrogen (secondary N) is 1. The molecule has 0 heterocycles. The van der Waals surface area contributed by atoms with Gasteiger partial charge in [-0.15, -0.1) is 13.2 Å². The van der Waals surface area contributed by atoms with E-state index in [2.05, 4.69) is 10.1 Å². The molecule has 0 bridgehead atoms. The summed E-state index contributed by atoms with van der Waals surface area (Å²) in [5, 5.41) is 13.3. The first-order valence-electron chi connectivity index (χ1n) is 7.98. The van der Waals surface area contributed by atoms with Gasteiger partial charge >= 0.3 is 12.3 Å². The number of carbonyl (C=O) groups excluding carboxylic acids is 2. The van der Waals surface area contributed by atoms with Crippen LogP contribution in [0.1, 0.15) is 5.56 Å². The van der Waals surface area contributed by atoms with Gasteiger partial charge in [0.1, 0.15) is 11.4 Å². The summed E-state index contributed by atoms with van der Waals surface area (Å²) in [5.41, 5.74) is -0.178. The third-order valence-corrected chi connectivity index (χ3v) is 3.54. The molecule has 1 amide bonds. The van der Waals surface area contributed by atoms with Crippen molar-refractivity contribution in [3.63, 3.8) is 0 Å². The zero-order valence-corrected chi connectivity index (χ0v) is 15.6. The molecule has 0 saturated carbocycles. The lowest BCUT2D eigenvalue weighted by atomic mass is 10.2. The molecule has 8 nitrogen and oxygen atoms in total. The minimum absolute atomic E-state index is 0.155. The van der Waals surface area contributed by atoms with E-state index < -0.39 is 41.2 Å². The molecule has 1 N–H and O–H groups in total. The van der Waals surface area contributed by atoms with Gasteiger partial charge in [-0.05, 0) is 35.9 Å². The van der Waals surface area contributed by atoms with Crippen LogP contribution in [0.15, 0.2) is 48.5 Å². The van der Waals surface area contributed by atoms with Crippen molar-refractivity contribution in [1.82, 2.24) is 0 Å². The van der Waals surface area contributed by atoms with E-state index in [1.54, 1.807) is 0 Å². The summed E-state index contributed by atoms with van der Waals surface area (Å²) in [4.78, 5) is 33.7. The second-order valence-corrected chi connectivity index (χ2v) is 5.96. The van der Waals surface area contributed by atoms with Crippen molar-refractivity contribution < 1.29 is 37.2 Å². The number of benzene rings is 2. The molecule has 12 heteroatoms. The molecule has 0 saturated heterocycles. The van der Waals surface area contributed by atoms with Gasteiger partial charge in [0.15, 0.2) is 6.61 Å². The molecule has 0 atom stereocenters. The number of anilines is 1. The van der Waals surface area contributed by atoms with E-state index in [0.717, 1.165) is 24.3 Å². The van der Waals surface area contributed by atoms with Gasteiger partial charge in [0, 0.05) is 17.2 Å². The highest BCUT2D eigenvalue weighted by atomic mass is 35.5.